The van der Waals surface area contributed by atoms with E-state index < -0.39 is 0 Å². The van der Waals surface area contributed by atoms with E-state index in [1.807, 2.05) is 12.1 Å². The number of likely N-dealkylation sites (tertiary alicyclic amines) is 1. The van der Waals surface area contributed by atoms with Gasteiger partial charge in [0.1, 0.15) is 5.76 Å². The molecular formula is C20H27N3O. The van der Waals surface area contributed by atoms with Gasteiger partial charge in [-0.15, -0.1) is 0 Å². The second kappa shape index (κ2) is 6.99. The van der Waals surface area contributed by atoms with Crippen LogP contribution in [-0.2, 0) is 0 Å². The number of nitrogens with zero attached hydrogens (tertiary/aromatic N) is 2. The highest BCUT2D eigenvalue weighted by Crippen LogP contribution is 2.28. The highest BCUT2D eigenvalue weighted by molar-refractivity contribution is 5.61. The number of benzene rings is 1. The summed E-state index contributed by atoms with van der Waals surface area (Å²) < 4.78 is 5.47. The zero-order valence-corrected chi connectivity index (χ0v) is 14.2. The Morgan fingerprint density at radius 3 is 2.42 bits per heavy atom. The third-order valence-corrected chi connectivity index (χ3v) is 5.67. The molecular weight excluding hydrogens is 298 g/mol. The molecule has 0 radical (unpaired) electrons. The van der Waals surface area contributed by atoms with Crippen molar-refractivity contribution in [1.29, 1.82) is 0 Å². The lowest BCUT2D eigenvalue weighted by atomic mass is 10.0. The molecule has 2 aliphatic rings. The van der Waals surface area contributed by atoms with Gasteiger partial charge in [0.2, 0.25) is 0 Å². The first-order chi connectivity index (χ1) is 11.8. The minimum atomic E-state index is 0.720. The van der Waals surface area contributed by atoms with Crippen LogP contribution in [0.4, 0.5) is 5.69 Å². The van der Waals surface area contributed by atoms with Crippen LogP contribution < -0.4 is 10.6 Å². The Hall–Kier alpha value is -1.78. The number of rotatable bonds is 4. The van der Waals surface area contributed by atoms with E-state index in [0.29, 0.717) is 0 Å². The highest BCUT2D eigenvalue weighted by atomic mass is 16.3. The molecule has 1 aromatic heterocycles. The monoisotopic (exact) mass is 325 g/mol. The van der Waals surface area contributed by atoms with Crippen LogP contribution >= 0.6 is 0 Å². The number of hydrogen-bond donors (Lipinski definition) is 1. The van der Waals surface area contributed by atoms with E-state index in [0.717, 1.165) is 42.9 Å². The lowest BCUT2D eigenvalue weighted by Gasteiger charge is -2.38. The molecule has 2 fully saturated rings. The SMILES string of the molecule is NCC1CCN(C2CCN(c3ccc(-c4ccco4)cc3)CC2)C1. The van der Waals surface area contributed by atoms with Crippen molar-refractivity contribution in [2.75, 3.05) is 37.6 Å². The van der Waals surface area contributed by atoms with Gasteiger partial charge in [-0.2, -0.15) is 0 Å². The van der Waals surface area contributed by atoms with Crippen LogP contribution in [0.25, 0.3) is 11.3 Å². The van der Waals surface area contributed by atoms with E-state index in [9.17, 15) is 0 Å². The second-order valence-corrected chi connectivity index (χ2v) is 7.13. The van der Waals surface area contributed by atoms with Crippen LogP contribution in [0.2, 0.25) is 0 Å². The molecule has 2 aromatic rings. The van der Waals surface area contributed by atoms with E-state index in [1.165, 1.54) is 38.0 Å². The Bertz CT molecular complexity index is 629. The van der Waals surface area contributed by atoms with Gasteiger partial charge in [0, 0.05) is 36.9 Å². The summed E-state index contributed by atoms with van der Waals surface area (Å²) in [6.45, 7) is 5.59. The van der Waals surface area contributed by atoms with Gasteiger partial charge in [-0.25, -0.2) is 0 Å². The number of anilines is 1. The van der Waals surface area contributed by atoms with Gasteiger partial charge in [-0.05, 0) is 74.7 Å². The van der Waals surface area contributed by atoms with Crippen molar-refractivity contribution >= 4 is 5.69 Å². The standard InChI is InChI=1S/C20H27N3O/c21-14-16-7-10-23(15-16)19-8-11-22(12-9-19)18-5-3-17(4-6-18)20-2-1-13-24-20/h1-6,13,16,19H,7-12,14-15,21H2. The van der Waals surface area contributed by atoms with Gasteiger partial charge >= 0.3 is 0 Å². The quantitative estimate of drug-likeness (QED) is 0.938. The molecule has 0 aliphatic carbocycles. The zero-order valence-electron chi connectivity index (χ0n) is 14.2. The van der Waals surface area contributed by atoms with E-state index >= 15 is 0 Å². The number of furan rings is 1. The molecule has 0 spiro atoms. The second-order valence-electron chi connectivity index (χ2n) is 7.13. The number of piperidine rings is 1. The molecule has 1 unspecified atom stereocenters. The van der Waals surface area contributed by atoms with Crippen LogP contribution in [0.1, 0.15) is 19.3 Å². The van der Waals surface area contributed by atoms with Crippen molar-refractivity contribution in [2.45, 2.75) is 25.3 Å². The summed E-state index contributed by atoms with van der Waals surface area (Å²) in [4.78, 5) is 5.19. The maximum Gasteiger partial charge on any atom is 0.133 e. The van der Waals surface area contributed by atoms with Gasteiger partial charge in [0.15, 0.2) is 0 Å². The number of hydrogen-bond acceptors (Lipinski definition) is 4. The minimum absolute atomic E-state index is 0.720. The van der Waals surface area contributed by atoms with E-state index in [2.05, 4.69) is 34.1 Å². The van der Waals surface area contributed by atoms with E-state index in [4.69, 9.17) is 10.2 Å². The van der Waals surface area contributed by atoms with E-state index in [-0.39, 0.29) is 0 Å². The average Bonchev–Trinajstić information content (AvgIpc) is 3.34. The first-order valence-corrected chi connectivity index (χ1v) is 9.16. The van der Waals surface area contributed by atoms with Crippen LogP contribution in [0.5, 0.6) is 0 Å². The number of nitrogens with two attached hydrogens (primary N) is 1. The first kappa shape index (κ1) is 15.7. The van der Waals surface area contributed by atoms with Crippen molar-refractivity contribution in [3.8, 4) is 11.3 Å². The van der Waals surface area contributed by atoms with Crippen molar-refractivity contribution in [3.63, 3.8) is 0 Å². The van der Waals surface area contributed by atoms with Crippen LogP contribution in [0, 0.1) is 5.92 Å². The Labute approximate surface area is 144 Å². The Kier molecular flexibility index (Phi) is 4.58. The smallest absolute Gasteiger partial charge is 0.133 e. The normalized spacial score (nSPS) is 23.0. The van der Waals surface area contributed by atoms with E-state index in [1.54, 1.807) is 6.26 Å². The third kappa shape index (κ3) is 3.21. The van der Waals surface area contributed by atoms with Crippen molar-refractivity contribution in [3.05, 3.63) is 42.7 Å². The summed E-state index contributed by atoms with van der Waals surface area (Å²) in [6, 6.07) is 13.4. The predicted molar refractivity (Wildman–Crippen MR) is 98.1 cm³/mol. The van der Waals surface area contributed by atoms with Gasteiger partial charge in [0.25, 0.3) is 0 Å². The zero-order chi connectivity index (χ0) is 16.4. The molecule has 0 amide bonds. The molecule has 2 aliphatic heterocycles. The lowest BCUT2D eigenvalue weighted by molar-refractivity contribution is 0.201. The fraction of sp³-hybridized carbons (Fsp3) is 0.500. The van der Waals surface area contributed by atoms with Gasteiger partial charge in [-0.1, -0.05) is 0 Å². The largest absolute Gasteiger partial charge is 0.464 e. The summed E-state index contributed by atoms with van der Waals surface area (Å²) in [5, 5.41) is 0. The summed E-state index contributed by atoms with van der Waals surface area (Å²) in [5.41, 5.74) is 8.30. The molecule has 2 N–H and O–H groups in total. The topological polar surface area (TPSA) is 45.6 Å². The van der Waals surface area contributed by atoms with Gasteiger partial charge < -0.3 is 15.1 Å². The lowest BCUT2D eigenvalue weighted by Crippen LogP contribution is -2.44. The van der Waals surface area contributed by atoms with Crippen LogP contribution in [0.3, 0.4) is 0 Å². The highest BCUT2D eigenvalue weighted by Gasteiger charge is 2.30. The summed E-state index contributed by atoms with van der Waals surface area (Å²) >= 11 is 0. The molecule has 24 heavy (non-hydrogen) atoms. The summed E-state index contributed by atoms with van der Waals surface area (Å²) in [7, 11) is 0. The van der Waals surface area contributed by atoms with Gasteiger partial charge in [-0.3, -0.25) is 4.90 Å². The van der Waals surface area contributed by atoms with Crippen molar-refractivity contribution in [2.24, 2.45) is 11.7 Å². The van der Waals surface area contributed by atoms with Crippen LogP contribution in [-0.4, -0.2) is 43.7 Å². The Balaban J connectivity index is 1.34. The molecule has 4 nitrogen and oxygen atoms in total. The predicted octanol–water partition coefficient (Wildman–Crippen LogP) is 3.20. The maximum atomic E-state index is 5.83. The van der Waals surface area contributed by atoms with Crippen molar-refractivity contribution < 1.29 is 4.42 Å². The molecule has 0 bridgehead atoms. The fourth-order valence-electron chi connectivity index (χ4n) is 4.16. The van der Waals surface area contributed by atoms with Crippen LogP contribution in [0.15, 0.2) is 47.1 Å². The molecule has 4 rings (SSSR count). The molecule has 3 heterocycles. The first-order valence-electron chi connectivity index (χ1n) is 9.16. The molecule has 1 atom stereocenters. The molecule has 4 heteroatoms. The molecule has 0 saturated carbocycles. The average molecular weight is 325 g/mol. The minimum Gasteiger partial charge on any atom is -0.464 e. The van der Waals surface area contributed by atoms with Gasteiger partial charge in [0.05, 0.1) is 6.26 Å². The third-order valence-electron chi connectivity index (χ3n) is 5.67. The Morgan fingerprint density at radius 1 is 1.00 bits per heavy atom. The molecule has 128 valence electrons. The molecule has 1 aromatic carbocycles. The Morgan fingerprint density at radius 2 is 1.79 bits per heavy atom. The summed E-state index contributed by atoms with van der Waals surface area (Å²) in [5.74, 6) is 1.65. The van der Waals surface area contributed by atoms with Crippen molar-refractivity contribution in [1.82, 2.24) is 4.90 Å². The fourth-order valence-corrected chi connectivity index (χ4v) is 4.16. The maximum absolute atomic E-state index is 5.83. The summed E-state index contributed by atoms with van der Waals surface area (Å²) in [6.07, 6.45) is 5.53. The molecule has 2 saturated heterocycles.